The third-order valence-corrected chi connectivity index (χ3v) is 4.32. The number of nitrogens with one attached hydrogen (secondary N) is 1. The van der Waals surface area contributed by atoms with Gasteiger partial charge in [-0.2, -0.15) is 0 Å². The molecule has 0 aliphatic carbocycles. The average Bonchev–Trinajstić information content (AvgIpc) is 2.17. The van der Waals surface area contributed by atoms with Gasteiger partial charge in [-0.25, -0.2) is 13.1 Å². The molecule has 0 fully saturated rings. The Morgan fingerprint density at radius 1 is 1.50 bits per heavy atom. The number of hydrogen-bond donors (Lipinski definition) is 1. The molecule has 77 valence electrons. The molecule has 0 aromatic heterocycles. The van der Waals surface area contributed by atoms with Gasteiger partial charge in [0.2, 0.25) is 10.0 Å². The molecule has 1 rings (SSSR count). The Hall–Kier alpha value is -0.0400. The van der Waals surface area contributed by atoms with Crippen molar-refractivity contribution in [1.29, 1.82) is 0 Å². The lowest BCUT2D eigenvalue weighted by Gasteiger charge is -2.07. The fourth-order valence-corrected chi connectivity index (χ4v) is 3.27. The number of thioether (sulfide) groups is 1. The first-order chi connectivity index (χ1) is 6.51. The van der Waals surface area contributed by atoms with Gasteiger partial charge in [0, 0.05) is 16.4 Å². The Balaban J connectivity index is 3.35. The zero-order chi connectivity index (χ0) is 10.8. The molecule has 0 bridgehead atoms. The van der Waals surface area contributed by atoms with E-state index in [4.69, 9.17) is 0 Å². The highest BCUT2D eigenvalue weighted by molar-refractivity contribution is 9.10. The third kappa shape index (κ3) is 2.50. The highest BCUT2D eigenvalue weighted by Gasteiger charge is 2.15. The number of halogens is 1. The van der Waals surface area contributed by atoms with Gasteiger partial charge < -0.3 is 0 Å². The van der Waals surface area contributed by atoms with E-state index in [0.29, 0.717) is 4.90 Å². The summed E-state index contributed by atoms with van der Waals surface area (Å²) in [7, 11) is -0.288. The van der Waals surface area contributed by atoms with E-state index in [2.05, 4.69) is 23.0 Å². The molecule has 0 saturated heterocycles. The molecule has 6 heteroatoms. The lowest BCUT2D eigenvalue weighted by Crippen LogP contribution is -2.17. The second-order valence-corrected chi connectivity index (χ2v) is 5.94. The van der Waals surface area contributed by atoms with E-state index < -0.39 is 10.0 Å². The van der Waals surface area contributed by atoms with Crippen LogP contribution in [0.2, 0.25) is 0 Å². The van der Waals surface area contributed by atoms with Crippen molar-refractivity contribution in [3.8, 4) is 0 Å². The van der Waals surface area contributed by atoms with Crippen LogP contribution in [0.4, 0.5) is 0 Å². The van der Waals surface area contributed by atoms with Gasteiger partial charge in [0.05, 0.1) is 4.90 Å². The molecule has 0 spiro atoms. The number of sulfonamides is 1. The topological polar surface area (TPSA) is 46.2 Å². The zero-order valence-corrected chi connectivity index (χ0v) is 10.7. The standard InChI is InChI=1S/C8H9BrNO2S2/c1-10-14(11,12)8-4-3-6(9)5-7(8)13-2/h3-5,10H,1H2,2H3. The first-order valence-corrected chi connectivity index (χ1v) is 7.14. The van der Waals surface area contributed by atoms with E-state index in [1.807, 2.05) is 11.0 Å². The second kappa shape index (κ2) is 4.65. The van der Waals surface area contributed by atoms with Gasteiger partial charge in [0.25, 0.3) is 0 Å². The maximum absolute atomic E-state index is 11.5. The summed E-state index contributed by atoms with van der Waals surface area (Å²) in [6.45, 7) is 0. The Morgan fingerprint density at radius 3 is 2.64 bits per heavy atom. The zero-order valence-electron chi connectivity index (χ0n) is 7.45. The van der Waals surface area contributed by atoms with Crippen molar-refractivity contribution in [2.24, 2.45) is 0 Å². The highest BCUT2D eigenvalue weighted by atomic mass is 79.9. The first kappa shape index (κ1) is 12.0. The van der Waals surface area contributed by atoms with Crippen molar-refractivity contribution >= 4 is 37.7 Å². The predicted octanol–water partition coefficient (Wildman–Crippen LogP) is 2.24. The quantitative estimate of drug-likeness (QED) is 0.870. The molecule has 0 saturated carbocycles. The molecule has 3 nitrogen and oxygen atoms in total. The second-order valence-electron chi connectivity index (χ2n) is 2.44. The van der Waals surface area contributed by atoms with Crippen LogP contribution in [0.5, 0.6) is 0 Å². The van der Waals surface area contributed by atoms with Crippen molar-refractivity contribution < 1.29 is 8.42 Å². The van der Waals surface area contributed by atoms with Crippen LogP contribution in [-0.4, -0.2) is 14.7 Å². The Morgan fingerprint density at radius 2 is 2.14 bits per heavy atom. The van der Waals surface area contributed by atoms with Crippen molar-refractivity contribution in [2.45, 2.75) is 9.79 Å². The van der Waals surface area contributed by atoms with Crippen LogP contribution in [0.25, 0.3) is 0 Å². The summed E-state index contributed by atoms with van der Waals surface area (Å²) in [6.07, 6.45) is 1.82. The Labute approximate surface area is 96.5 Å². The van der Waals surface area contributed by atoms with Crippen LogP contribution < -0.4 is 4.72 Å². The minimum Gasteiger partial charge on any atom is -0.210 e. The average molecular weight is 295 g/mol. The molecule has 1 aromatic carbocycles. The van der Waals surface area contributed by atoms with E-state index in [-0.39, 0.29) is 4.90 Å². The van der Waals surface area contributed by atoms with Crippen LogP contribution in [-0.2, 0) is 10.0 Å². The molecule has 0 unspecified atom stereocenters. The lowest BCUT2D eigenvalue weighted by atomic mass is 10.4. The first-order valence-electron chi connectivity index (χ1n) is 3.63. The van der Waals surface area contributed by atoms with Gasteiger partial charge >= 0.3 is 0 Å². The fourth-order valence-electron chi connectivity index (χ4n) is 0.941. The van der Waals surface area contributed by atoms with Crippen LogP contribution in [0, 0.1) is 7.05 Å². The molecular formula is C8H9BrNO2S2. The summed E-state index contributed by atoms with van der Waals surface area (Å²) in [5, 5.41) is 0. The van der Waals surface area contributed by atoms with Gasteiger partial charge in [-0.15, -0.1) is 11.8 Å². The smallest absolute Gasteiger partial charge is 0.210 e. The summed E-state index contributed by atoms with van der Waals surface area (Å²) in [4.78, 5) is 0.943. The van der Waals surface area contributed by atoms with Gasteiger partial charge in [-0.3, -0.25) is 0 Å². The van der Waals surface area contributed by atoms with E-state index >= 15 is 0 Å². The van der Waals surface area contributed by atoms with Crippen molar-refractivity contribution in [3.05, 3.63) is 29.7 Å². The van der Waals surface area contributed by atoms with Crippen LogP contribution >= 0.6 is 27.7 Å². The van der Waals surface area contributed by atoms with E-state index in [9.17, 15) is 8.42 Å². The molecule has 0 atom stereocenters. The van der Waals surface area contributed by atoms with Gasteiger partial charge in [-0.05, 0) is 24.5 Å². The molecular weight excluding hydrogens is 286 g/mol. The predicted molar refractivity (Wildman–Crippen MR) is 61.6 cm³/mol. The summed E-state index contributed by atoms with van der Waals surface area (Å²) in [6, 6.07) is 4.99. The molecule has 1 radical (unpaired) electrons. The van der Waals surface area contributed by atoms with Gasteiger partial charge in [0.15, 0.2) is 0 Å². The molecule has 14 heavy (non-hydrogen) atoms. The monoisotopic (exact) mass is 294 g/mol. The summed E-state index contributed by atoms with van der Waals surface area (Å²) in [5.74, 6) is 0. The third-order valence-electron chi connectivity index (χ3n) is 1.61. The Kier molecular flexibility index (Phi) is 4.00. The molecule has 0 aliphatic rings. The lowest BCUT2D eigenvalue weighted by molar-refractivity contribution is 0.588. The number of rotatable bonds is 3. The van der Waals surface area contributed by atoms with E-state index in [0.717, 1.165) is 4.47 Å². The highest BCUT2D eigenvalue weighted by Crippen LogP contribution is 2.27. The summed E-state index contributed by atoms with van der Waals surface area (Å²) in [5.41, 5.74) is 0. The maximum atomic E-state index is 11.5. The van der Waals surface area contributed by atoms with E-state index in [1.54, 1.807) is 18.2 Å². The Bertz CT molecular complexity index is 431. The van der Waals surface area contributed by atoms with Crippen molar-refractivity contribution in [2.75, 3.05) is 6.26 Å². The van der Waals surface area contributed by atoms with Crippen LogP contribution in [0.15, 0.2) is 32.5 Å². The number of benzene rings is 1. The van der Waals surface area contributed by atoms with E-state index in [1.165, 1.54) is 11.8 Å². The molecule has 0 amide bonds. The van der Waals surface area contributed by atoms with Crippen LogP contribution in [0.1, 0.15) is 0 Å². The minimum atomic E-state index is -3.46. The SMILES string of the molecule is [CH2]NS(=O)(=O)c1ccc(Br)cc1SC. The maximum Gasteiger partial charge on any atom is 0.241 e. The number of hydrogen-bond acceptors (Lipinski definition) is 3. The molecule has 0 aliphatic heterocycles. The van der Waals surface area contributed by atoms with Gasteiger partial charge in [-0.1, -0.05) is 15.9 Å². The molecule has 0 heterocycles. The van der Waals surface area contributed by atoms with Gasteiger partial charge in [0.1, 0.15) is 0 Å². The summed E-state index contributed by atoms with van der Waals surface area (Å²) < 4.78 is 25.9. The minimum absolute atomic E-state index is 0.253. The molecule has 1 N–H and O–H groups in total. The largest absolute Gasteiger partial charge is 0.241 e. The van der Waals surface area contributed by atoms with Crippen LogP contribution in [0.3, 0.4) is 0 Å². The van der Waals surface area contributed by atoms with Crippen molar-refractivity contribution in [1.82, 2.24) is 4.72 Å². The van der Waals surface area contributed by atoms with Crippen molar-refractivity contribution in [3.63, 3.8) is 0 Å². The summed E-state index contributed by atoms with van der Waals surface area (Å²) >= 11 is 4.66. The molecule has 1 aromatic rings. The normalized spacial score (nSPS) is 11.6. The fraction of sp³-hybridized carbons (Fsp3) is 0.125.